The minimum atomic E-state index is -0.0956. The molecule has 142 valence electrons. The molecule has 0 saturated carbocycles. The predicted molar refractivity (Wildman–Crippen MR) is 113 cm³/mol. The van der Waals surface area contributed by atoms with Crippen LogP contribution in [0.15, 0.2) is 53.6 Å². The molecule has 0 bridgehead atoms. The highest BCUT2D eigenvalue weighted by atomic mass is 35.5. The van der Waals surface area contributed by atoms with Gasteiger partial charge in [-0.1, -0.05) is 49.2 Å². The van der Waals surface area contributed by atoms with E-state index in [1.165, 1.54) is 0 Å². The lowest BCUT2D eigenvalue weighted by Crippen LogP contribution is -2.30. The van der Waals surface area contributed by atoms with Gasteiger partial charge in [0.2, 0.25) is 5.91 Å². The number of nitrogens with zero attached hydrogens (tertiary/aromatic N) is 2. The lowest BCUT2D eigenvalue weighted by Gasteiger charge is -2.17. The Balaban J connectivity index is 1.70. The number of hydrogen-bond donors (Lipinski definition) is 1. The van der Waals surface area contributed by atoms with Crippen molar-refractivity contribution in [1.29, 1.82) is 0 Å². The first-order valence-electron chi connectivity index (χ1n) is 9.05. The Bertz CT molecular complexity index is 816. The van der Waals surface area contributed by atoms with Crippen LogP contribution in [0.1, 0.15) is 25.8 Å². The lowest BCUT2D eigenvalue weighted by atomic mass is 9.90. The van der Waals surface area contributed by atoms with Crippen LogP contribution in [0.3, 0.4) is 0 Å². The molecule has 0 aliphatic carbocycles. The second-order valence-electron chi connectivity index (χ2n) is 7.22. The van der Waals surface area contributed by atoms with Gasteiger partial charge in [0.15, 0.2) is 0 Å². The van der Waals surface area contributed by atoms with Crippen molar-refractivity contribution in [3.05, 3.63) is 64.1 Å². The van der Waals surface area contributed by atoms with Crippen molar-refractivity contribution in [2.75, 3.05) is 18.4 Å². The van der Waals surface area contributed by atoms with E-state index in [0.29, 0.717) is 21.9 Å². The summed E-state index contributed by atoms with van der Waals surface area (Å²) in [6, 6.07) is 14.8. The topological polar surface area (TPSA) is 44.7 Å². The lowest BCUT2D eigenvalue weighted by molar-refractivity contribution is -0.117. The van der Waals surface area contributed by atoms with Crippen molar-refractivity contribution in [2.24, 2.45) is 16.9 Å². The molecular formula is C21H23Cl2N3O. The molecule has 1 atom stereocenters. The number of rotatable bonds is 6. The van der Waals surface area contributed by atoms with Gasteiger partial charge in [-0.25, -0.2) is 0 Å². The third kappa shape index (κ3) is 5.47. The SMILES string of the molecule is CC(C)CC1CN(CC(=O)Nc2ccc(Cl)cc2)N=C1c1ccc(Cl)cc1. The summed E-state index contributed by atoms with van der Waals surface area (Å²) in [4.78, 5) is 12.4. The quantitative estimate of drug-likeness (QED) is 0.709. The highest BCUT2D eigenvalue weighted by molar-refractivity contribution is 6.31. The van der Waals surface area contributed by atoms with Gasteiger partial charge in [0, 0.05) is 28.2 Å². The fourth-order valence-corrected chi connectivity index (χ4v) is 3.54. The zero-order valence-electron chi connectivity index (χ0n) is 15.5. The van der Waals surface area contributed by atoms with Gasteiger partial charge in [0.1, 0.15) is 6.54 Å². The van der Waals surface area contributed by atoms with E-state index in [9.17, 15) is 4.79 Å². The van der Waals surface area contributed by atoms with Crippen molar-refractivity contribution in [3.63, 3.8) is 0 Å². The molecule has 0 fully saturated rings. The summed E-state index contributed by atoms with van der Waals surface area (Å²) in [5.74, 6) is 0.756. The fraction of sp³-hybridized carbons (Fsp3) is 0.333. The van der Waals surface area contributed by atoms with Crippen LogP contribution in [0.4, 0.5) is 5.69 Å². The molecule has 0 saturated heterocycles. The molecule has 3 rings (SSSR count). The van der Waals surface area contributed by atoms with Gasteiger partial charge in [-0.3, -0.25) is 9.80 Å². The molecule has 27 heavy (non-hydrogen) atoms. The number of benzene rings is 2. The summed E-state index contributed by atoms with van der Waals surface area (Å²) < 4.78 is 0. The van der Waals surface area contributed by atoms with E-state index < -0.39 is 0 Å². The normalized spacial score (nSPS) is 16.6. The highest BCUT2D eigenvalue weighted by Crippen LogP contribution is 2.26. The fourth-order valence-electron chi connectivity index (χ4n) is 3.28. The van der Waals surface area contributed by atoms with E-state index in [0.717, 1.165) is 29.9 Å². The summed E-state index contributed by atoms with van der Waals surface area (Å²) >= 11 is 11.9. The summed E-state index contributed by atoms with van der Waals surface area (Å²) in [7, 11) is 0. The number of amides is 1. The molecule has 0 spiro atoms. The van der Waals surface area contributed by atoms with E-state index in [-0.39, 0.29) is 12.5 Å². The van der Waals surface area contributed by atoms with Gasteiger partial charge in [-0.2, -0.15) is 5.10 Å². The van der Waals surface area contributed by atoms with Crippen molar-refractivity contribution >= 4 is 40.5 Å². The van der Waals surface area contributed by atoms with E-state index in [1.54, 1.807) is 24.3 Å². The number of hydrazone groups is 1. The standard InChI is InChI=1S/C21H23Cl2N3O/c1-14(2)11-16-12-26(25-21(16)15-3-5-17(22)6-4-15)13-20(27)24-19-9-7-18(23)8-10-19/h3-10,14,16H,11-13H2,1-2H3,(H,24,27). The van der Waals surface area contributed by atoms with Gasteiger partial charge in [0.05, 0.1) is 5.71 Å². The Morgan fingerprint density at radius 2 is 1.70 bits per heavy atom. The maximum atomic E-state index is 12.4. The molecule has 1 N–H and O–H groups in total. The zero-order valence-corrected chi connectivity index (χ0v) is 17.0. The highest BCUT2D eigenvalue weighted by Gasteiger charge is 2.29. The minimum Gasteiger partial charge on any atom is -0.324 e. The molecule has 1 unspecified atom stereocenters. The molecule has 0 radical (unpaired) electrons. The van der Waals surface area contributed by atoms with Crippen molar-refractivity contribution < 1.29 is 4.79 Å². The van der Waals surface area contributed by atoms with Gasteiger partial charge in [0.25, 0.3) is 0 Å². The molecule has 4 nitrogen and oxygen atoms in total. The van der Waals surface area contributed by atoms with Crippen molar-refractivity contribution in [3.8, 4) is 0 Å². The predicted octanol–water partition coefficient (Wildman–Crippen LogP) is 5.31. The van der Waals surface area contributed by atoms with E-state index in [1.807, 2.05) is 29.3 Å². The summed E-state index contributed by atoms with van der Waals surface area (Å²) in [6.45, 7) is 5.36. The van der Waals surface area contributed by atoms with Crippen molar-refractivity contribution in [1.82, 2.24) is 5.01 Å². The van der Waals surface area contributed by atoms with Crippen LogP contribution < -0.4 is 5.32 Å². The van der Waals surface area contributed by atoms with Crippen LogP contribution in [0.5, 0.6) is 0 Å². The maximum Gasteiger partial charge on any atom is 0.245 e. The molecule has 0 aromatic heterocycles. The molecule has 1 amide bonds. The van der Waals surface area contributed by atoms with Gasteiger partial charge >= 0.3 is 0 Å². The molecule has 6 heteroatoms. The van der Waals surface area contributed by atoms with Crippen LogP contribution in [-0.4, -0.2) is 29.7 Å². The number of carbonyl (C=O) groups is 1. The van der Waals surface area contributed by atoms with Gasteiger partial charge in [-0.15, -0.1) is 0 Å². The van der Waals surface area contributed by atoms with E-state index in [4.69, 9.17) is 28.3 Å². The summed E-state index contributed by atoms with van der Waals surface area (Å²) in [6.07, 6.45) is 1.02. The van der Waals surface area contributed by atoms with Crippen LogP contribution >= 0.6 is 23.2 Å². The van der Waals surface area contributed by atoms with Crippen LogP contribution in [0, 0.1) is 11.8 Å². The van der Waals surface area contributed by atoms with Crippen molar-refractivity contribution in [2.45, 2.75) is 20.3 Å². The largest absolute Gasteiger partial charge is 0.324 e. The maximum absolute atomic E-state index is 12.4. The molecule has 1 aliphatic rings. The summed E-state index contributed by atoms with van der Waals surface area (Å²) in [5, 5.41) is 10.8. The number of hydrogen-bond acceptors (Lipinski definition) is 3. The van der Waals surface area contributed by atoms with Crippen LogP contribution in [-0.2, 0) is 4.79 Å². The molecule has 2 aromatic rings. The number of carbonyl (C=O) groups excluding carboxylic acids is 1. The first kappa shape index (κ1) is 19.7. The Morgan fingerprint density at radius 1 is 1.11 bits per heavy atom. The number of halogens is 2. The molecule has 1 heterocycles. The Morgan fingerprint density at radius 3 is 2.30 bits per heavy atom. The third-order valence-electron chi connectivity index (χ3n) is 4.42. The number of anilines is 1. The minimum absolute atomic E-state index is 0.0956. The average Bonchev–Trinajstić information content (AvgIpc) is 2.99. The monoisotopic (exact) mass is 403 g/mol. The van der Waals surface area contributed by atoms with Gasteiger partial charge < -0.3 is 5.32 Å². The van der Waals surface area contributed by atoms with Crippen LogP contribution in [0.2, 0.25) is 10.0 Å². The molecular weight excluding hydrogens is 381 g/mol. The Hall–Kier alpha value is -2.04. The molecule has 1 aliphatic heterocycles. The number of nitrogens with one attached hydrogen (secondary N) is 1. The molecule has 2 aromatic carbocycles. The zero-order chi connectivity index (χ0) is 19.4. The van der Waals surface area contributed by atoms with E-state index >= 15 is 0 Å². The smallest absolute Gasteiger partial charge is 0.245 e. The first-order chi connectivity index (χ1) is 12.9. The van der Waals surface area contributed by atoms with Crippen LogP contribution in [0.25, 0.3) is 0 Å². The second-order valence-corrected chi connectivity index (χ2v) is 8.09. The Labute approximate surface area is 170 Å². The average molecular weight is 404 g/mol. The Kier molecular flexibility index (Phi) is 6.40. The summed E-state index contributed by atoms with van der Waals surface area (Å²) in [5.41, 5.74) is 2.81. The third-order valence-corrected chi connectivity index (χ3v) is 4.92. The van der Waals surface area contributed by atoms with E-state index in [2.05, 4.69) is 19.2 Å². The van der Waals surface area contributed by atoms with Gasteiger partial charge in [-0.05, 0) is 54.3 Å². The first-order valence-corrected chi connectivity index (χ1v) is 9.81. The second kappa shape index (κ2) is 8.77.